The molecule has 1 atom stereocenters. The lowest BCUT2D eigenvalue weighted by atomic mass is 10.2. The molecule has 1 aliphatic heterocycles. The summed E-state index contributed by atoms with van der Waals surface area (Å²) in [5, 5.41) is 2.57. The van der Waals surface area contributed by atoms with Crippen LogP contribution in [0.25, 0.3) is 0 Å². The van der Waals surface area contributed by atoms with E-state index in [0.717, 1.165) is 18.8 Å². The molecule has 1 unspecified atom stereocenters. The zero-order valence-corrected chi connectivity index (χ0v) is 13.7. The summed E-state index contributed by atoms with van der Waals surface area (Å²) in [5.74, 6) is -0.0312. The molecule has 130 valence electrons. The lowest BCUT2D eigenvalue weighted by Crippen LogP contribution is -2.58. The number of aromatic nitrogens is 1. The van der Waals surface area contributed by atoms with E-state index in [4.69, 9.17) is 4.74 Å². The molecule has 1 aromatic carbocycles. The number of rotatable bonds is 6. The topological polar surface area (TPSA) is 74.8 Å². The third-order valence-corrected chi connectivity index (χ3v) is 4.12. The number of hydrogen-bond acceptors (Lipinski definition) is 6. The summed E-state index contributed by atoms with van der Waals surface area (Å²) >= 11 is 0. The number of nitrogens with one attached hydrogen (secondary N) is 1. The van der Waals surface area contributed by atoms with Gasteiger partial charge in [-0.15, -0.1) is 0 Å². The number of piperazine rings is 1. The molecule has 3 rings (SSSR count). The monoisotopic (exact) mass is 340 g/mol. The minimum absolute atomic E-state index is 0.459. The molecule has 1 amide bonds. The molecule has 7 nitrogen and oxygen atoms in total. The van der Waals surface area contributed by atoms with Crippen LogP contribution in [-0.2, 0) is 9.59 Å². The van der Waals surface area contributed by atoms with Gasteiger partial charge in [0.05, 0.1) is 0 Å². The molecule has 25 heavy (non-hydrogen) atoms. The van der Waals surface area contributed by atoms with Gasteiger partial charge in [-0.05, 0) is 24.3 Å². The van der Waals surface area contributed by atoms with Gasteiger partial charge >= 0.3 is 5.97 Å². The molecule has 2 aromatic rings. The Hall–Kier alpha value is -2.93. The molecule has 0 aliphatic carbocycles. The van der Waals surface area contributed by atoms with Crippen molar-refractivity contribution in [3.8, 4) is 5.75 Å². The van der Waals surface area contributed by atoms with E-state index in [-0.39, 0.29) is 0 Å². The normalized spacial score (nSPS) is 16.1. The van der Waals surface area contributed by atoms with E-state index in [2.05, 4.69) is 15.2 Å². The summed E-state index contributed by atoms with van der Waals surface area (Å²) in [4.78, 5) is 31.5. The summed E-state index contributed by atoms with van der Waals surface area (Å²) in [6.07, 6.45) is 3.26. The molecule has 1 saturated heterocycles. The summed E-state index contributed by atoms with van der Waals surface area (Å²) < 4.78 is 5.37. The van der Waals surface area contributed by atoms with Crippen molar-refractivity contribution in [3.63, 3.8) is 0 Å². The van der Waals surface area contributed by atoms with E-state index in [0.29, 0.717) is 25.2 Å². The van der Waals surface area contributed by atoms with Crippen molar-refractivity contribution in [2.24, 2.45) is 0 Å². The minimum Gasteiger partial charge on any atom is -0.424 e. The summed E-state index contributed by atoms with van der Waals surface area (Å²) in [5.41, 5.74) is 1.10. The van der Waals surface area contributed by atoms with Crippen LogP contribution < -0.4 is 15.0 Å². The van der Waals surface area contributed by atoms with Gasteiger partial charge in [-0.2, -0.15) is 0 Å². The lowest BCUT2D eigenvalue weighted by molar-refractivity contribution is -0.143. The van der Waals surface area contributed by atoms with Crippen LogP contribution in [0.3, 0.4) is 0 Å². The van der Waals surface area contributed by atoms with Crippen molar-refractivity contribution < 1.29 is 14.3 Å². The maximum atomic E-state index is 12.4. The van der Waals surface area contributed by atoms with Gasteiger partial charge in [0, 0.05) is 44.3 Å². The van der Waals surface area contributed by atoms with Crippen molar-refractivity contribution in [1.82, 2.24) is 15.2 Å². The van der Waals surface area contributed by atoms with Crippen LogP contribution >= 0.6 is 0 Å². The summed E-state index contributed by atoms with van der Waals surface area (Å²) in [6, 6.07) is 12.8. The van der Waals surface area contributed by atoms with E-state index < -0.39 is 12.1 Å². The zero-order chi connectivity index (χ0) is 17.5. The highest BCUT2D eigenvalue weighted by Crippen LogP contribution is 2.16. The molecule has 0 spiro atoms. The standard InChI is InChI=1S/C18H20N4O3/c23-14-20-17(18(24)25-16-4-2-1-3-5-16)22-12-10-21(11-13-22)15-6-8-19-9-7-15/h1-9,14,17H,10-13H2,(H,20,23). The Morgan fingerprint density at radius 2 is 1.76 bits per heavy atom. The Balaban J connectivity index is 1.61. The Morgan fingerprint density at radius 3 is 2.40 bits per heavy atom. The smallest absolute Gasteiger partial charge is 0.349 e. The Kier molecular flexibility index (Phi) is 5.58. The number of amides is 1. The lowest BCUT2D eigenvalue weighted by Gasteiger charge is -2.38. The molecule has 7 heteroatoms. The summed E-state index contributed by atoms with van der Waals surface area (Å²) in [7, 11) is 0. The van der Waals surface area contributed by atoms with Crippen LogP contribution in [0.2, 0.25) is 0 Å². The van der Waals surface area contributed by atoms with Crippen molar-refractivity contribution in [3.05, 3.63) is 54.9 Å². The molecule has 1 N–H and O–H groups in total. The van der Waals surface area contributed by atoms with Gasteiger partial charge in [-0.1, -0.05) is 18.2 Å². The molecule has 1 fully saturated rings. The van der Waals surface area contributed by atoms with Gasteiger partial charge in [0.15, 0.2) is 6.17 Å². The van der Waals surface area contributed by atoms with E-state index in [1.807, 2.05) is 23.1 Å². The number of esters is 1. The molecule has 1 aliphatic rings. The first kappa shape index (κ1) is 16.9. The number of hydrogen-bond donors (Lipinski definition) is 1. The minimum atomic E-state index is -0.794. The van der Waals surface area contributed by atoms with Crippen molar-refractivity contribution in [1.29, 1.82) is 0 Å². The number of carbonyl (C=O) groups is 2. The Bertz CT molecular complexity index is 688. The third kappa shape index (κ3) is 4.33. The van der Waals surface area contributed by atoms with Crippen molar-refractivity contribution in [2.75, 3.05) is 31.1 Å². The number of anilines is 1. The van der Waals surface area contributed by atoms with Gasteiger partial charge in [0.25, 0.3) is 0 Å². The van der Waals surface area contributed by atoms with Gasteiger partial charge in [0.2, 0.25) is 6.41 Å². The molecule has 2 heterocycles. The van der Waals surface area contributed by atoms with Gasteiger partial charge in [0.1, 0.15) is 5.75 Å². The largest absolute Gasteiger partial charge is 0.424 e. The first-order valence-corrected chi connectivity index (χ1v) is 8.13. The molecule has 0 bridgehead atoms. The van der Waals surface area contributed by atoms with Crippen LogP contribution in [0.5, 0.6) is 5.75 Å². The van der Waals surface area contributed by atoms with E-state index in [1.54, 1.807) is 36.7 Å². The van der Waals surface area contributed by atoms with Crippen LogP contribution in [0.15, 0.2) is 54.9 Å². The first-order chi connectivity index (χ1) is 12.3. The molecule has 1 aromatic heterocycles. The highest BCUT2D eigenvalue weighted by molar-refractivity contribution is 5.80. The van der Waals surface area contributed by atoms with Crippen LogP contribution in [0, 0.1) is 0 Å². The summed E-state index contributed by atoms with van der Waals surface area (Å²) in [6.45, 7) is 2.77. The molecular formula is C18H20N4O3. The third-order valence-electron chi connectivity index (χ3n) is 4.12. The predicted molar refractivity (Wildman–Crippen MR) is 93.1 cm³/mol. The van der Waals surface area contributed by atoms with Crippen molar-refractivity contribution >= 4 is 18.1 Å². The van der Waals surface area contributed by atoms with Gasteiger partial charge < -0.3 is 15.0 Å². The van der Waals surface area contributed by atoms with E-state index in [9.17, 15) is 9.59 Å². The Labute approximate surface area is 146 Å². The quantitative estimate of drug-likeness (QED) is 0.478. The average molecular weight is 340 g/mol. The average Bonchev–Trinajstić information content (AvgIpc) is 2.68. The number of carbonyl (C=O) groups excluding carboxylic acids is 2. The molecule has 0 radical (unpaired) electrons. The number of ether oxygens (including phenoxy) is 1. The zero-order valence-electron chi connectivity index (χ0n) is 13.7. The maximum Gasteiger partial charge on any atom is 0.349 e. The fourth-order valence-electron chi connectivity index (χ4n) is 2.84. The van der Waals surface area contributed by atoms with Crippen LogP contribution in [0.1, 0.15) is 0 Å². The fraction of sp³-hybridized carbons (Fsp3) is 0.278. The number of nitrogens with zero attached hydrogens (tertiary/aromatic N) is 3. The number of para-hydroxylation sites is 1. The predicted octanol–water partition coefficient (Wildman–Crippen LogP) is 0.881. The number of pyridine rings is 1. The maximum absolute atomic E-state index is 12.4. The van der Waals surface area contributed by atoms with Gasteiger partial charge in [-0.25, -0.2) is 4.79 Å². The van der Waals surface area contributed by atoms with Crippen molar-refractivity contribution in [2.45, 2.75) is 6.17 Å². The Morgan fingerprint density at radius 1 is 1.08 bits per heavy atom. The SMILES string of the molecule is O=CNC(C(=O)Oc1ccccc1)N1CCN(c2ccncc2)CC1. The fourth-order valence-corrected chi connectivity index (χ4v) is 2.84. The second-order valence-corrected chi connectivity index (χ2v) is 5.65. The van der Waals surface area contributed by atoms with Gasteiger partial charge in [-0.3, -0.25) is 14.7 Å². The highest BCUT2D eigenvalue weighted by atomic mass is 16.5. The van der Waals surface area contributed by atoms with E-state index >= 15 is 0 Å². The van der Waals surface area contributed by atoms with Crippen LogP contribution in [0.4, 0.5) is 5.69 Å². The number of benzene rings is 1. The second-order valence-electron chi connectivity index (χ2n) is 5.65. The molecular weight excluding hydrogens is 320 g/mol. The van der Waals surface area contributed by atoms with E-state index in [1.165, 1.54) is 0 Å². The molecule has 0 saturated carbocycles. The second kappa shape index (κ2) is 8.25. The van der Waals surface area contributed by atoms with Crippen LogP contribution in [-0.4, -0.2) is 54.6 Å². The first-order valence-electron chi connectivity index (χ1n) is 8.13. The highest BCUT2D eigenvalue weighted by Gasteiger charge is 2.30.